The summed E-state index contributed by atoms with van der Waals surface area (Å²) in [4.78, 5) is 0. The Hall–Kier alpha value is -0.820. The maximum atomic E-state index is 5.43. The SMILES string of the molecule is CC1OC1C(C)c1ccccc1. The van der Waals surface area contributed by atoms with Crippen LogP contribution in [-0.2, 0) is 4.74 Å². The second-order valence-corrected chi connectivity index (χ2v) is 3.51. The second kappa shape index (κ2) is 2.91. The molecule has 64 valence electrons. The molecular formula is C11H14O. The van der Waals surface area contributed by atoms with Crippen LogP contribution in [-0.4, -0.2) is 12.2 Å². The van der Waals surface area contributed by atoms with Crippen molar-refractivity contribution in [1.29, 1.82) is 0 Å². The third-order valence-corrected chi connectivity index (χ3v) is 2.58. The maximum Gasteiger partial charge on any atom is 0.0904 e. The molecule has 1 fully saturated rings. The lowest BCUT2D eigenvalue weighted by atomic mass is 9.97. The Balaban J connectivity index is 2.10. The molecule has 0 spiro atoms. The highest BCUT2D eigenvalue weighted by atomic mass is 16.6. The van der Waals surface area contributed by atoms with Crippen molar-refractivity contribution in [3.63, 3.8) is 0 Å². The van der Waals surface area contributed by atoms with E-state index in [1.165, 1.54) is 5.56 Å². The molecule has 1 aliphatic heterocycles. The molecule has 1 saturated heterocycles. The van der Waals surface area contributed by atoms with E-state index in [4.69, 9.17) is 4.74 Å². The molecule has 2 rings (SSSR count). The number of ether oxygens (including phenoxy) is 1. The van der Waals surface area contributed by atoms with Crippen molar-refractivity contribution in [3.8, 4) is 0 Å². The van der Waals surface area contributed by atoms with E-state index >= 15 is 0 Å². The normalized spacial score (nSPS) is 29.8. The largest absolute Gasteiger partial charge is 0.369 e. The van der Waals surface area contributed by atoms with Gasteiger partial charge in [0.1, 0.15) is 0 Å². The molecule has 1 nitrogen and oxygen atoms in total. The zero-order valence-electron chi connectivity index (χ0n) is 7.53. The van der Waals surface area contributed by atoms with Gasteiger partial charge in [-0.1, -0.05) is 37.3 Å². The first-order valence-electron chi connectivity index (χ1n) is 4.49. The molecule has 1 aliphatic rings. The van der Waals surface area contributed by atoms with Gasteiger partial charge in [0, 0.05) is 5.92 Å². The van der Waals surface area contributed by atoms with E-state index in [2.05, 4.69) is 38.1 Å². The molecule has 0 radical (unpaired) electrons. The molecule has 0 bridgehead atoms. The summed E-state index contributed by atoms with van der Waals surface area (Å²) in [5.41, 5.74) is 1.38. The van der Waals surface area contributed by atoms with E-state index in [9.17, 15) is 0 Å². The second-order valence-electron chi connectivity index (χ2n) is 3.51. The minimum atomic E-state index is 0.451. The summed E-state index contributed by atoms with van der Waals surface area (Å²) < 4.78 is 5.43. The molecular weight excluding hydrogens is 148 g/mol. The first-order chi connectivity index (χ1) is 5.79. The molecule has 3 unspecified atom stereocenters. The first-order valence-corrected chi connectivity index (χ1v) is 4.49. The standard InChI is InChI=1S/C11H14O/c1-8(11-9(2)12-11)10-6-4-3-5-7-10/h3-9,11H,1-2H3. The quantitative estimate of drug-likeness (QED) is 0.609. The first kappa shape index (κ1) is 7.81. The van der Waals surface area contributed by atoms with Crippen molar-refractivity contribution in [2.24, 2.45) is 0 Å². The molecule has 0 N–H and O–H groups in total. The lowest BCUT2D eigenvalue weighted by Crippen LogP contribution is -2.02. The van der Waals surface area contributed by atoms with Crippen LogP contribution in [0.3, 0.4) is 0 Å². The van der Waals surface area contributed by atoms with Crippen molar-refractivity contribution in [2.75, 3.05) is 0 Å². The van der Waals surface area contributed by atoms with Gasteiger partial charge in [-0.25, -0.2) is 0 Å². The van der Waals surface area contributed by atoms with E-state index in [0.29, 0.717) is 18.1 Å². The average molecular weight is 162 g/mol. The number of rotatable bonds is 2. The topological polar surface area (TPSA) is 12.5 Å². The third-order valence-electron chi connectivity index (χ3n) is 2.58. The van der Waals surface area contributed by atoms with Crippen molar-refractivity contribution < 1.29 is 4.74 Å². The Bertz CT molecular complexity index is 255. The molecule has 0 aromatic heterocycles. The minimum Gasteiger partial charge on any atom is -0.369 e. The van der Waals surface area contributed by atoms with Crippen LogP contribution in [0.5, 0.6) is 0 Å². The smallest absolute Gasteiger partial charge is 0.0904 e. The summed E-state index contributed by atoms with van der Waals surface area (Å²) in [6.07, 6.45) is 0.910. The van der Waals surface area contributed by atoms with Crippen LogP contribution in [0.4, 0.5) is 0 Å². The van der Waals surface area contributed by atoms with Gasteiger partial charge in [-0.3, -0.25) is 0 Å². The molecule has 0 amide bonds. The lowest BCUT2D eigenvalue weighted by molar-refractivity contribution is 0.359. The minimum absolute atomic E-state index is 0.451. The number of hydrogen-bond donors (Lipinski definition) is 0. The fraction of sp³-hybridized carbons (Fsp3) is 0.455. The Labute approximate surface area is 73.4 Å². The summed E-state index contributed by atoms with van der Waals surface area (Å²) >= 11 is 0. The van der Waals surface area contributed by atoms with Crippen LogP contribution < -0.4 is 0 Å². The maximum absolute atomic E-state index is 5.43. The van der Waals surface area contributed by atoms with Crippen LogP contribution in [0.2, 0.25) is 0 Å². The predicted molar refractivity (Wildman–Crippen MR) is 49.2 cm³/mol. The van der Waals surface area contributed by atoms with Gasteiger partial charge in [0.2, 0.25) is 0 Å². The van der Waals surface area contributed by atoms with Crippen LogP contribution in [0.1, 0.15) is 25.3 Å². The van der Waals surface area contributed by atoms with Gasteiger partial charge in [-0.05, 0) is 12.5 Å². The summed E-state index contributed by atoms with van der Waals surface area (Å²) in [5.74, 6) is 0.543. The fourth-order valence-electron chi connectivity index (χ4n) is 1.67. The summed E-state index contributed by atoms with van der Waals surface area (Å²) in [6, 6.07) is 10.5. The van der Waals surface area contributed by atoms with Gasteiger partial charge in [-0.2, -0.15) is 0 Å². The summed E-state index contributed by atoms with van der Waals surface area (Å²) in [5, 5.41) is 0. The molecule has 3 atom stereocenters. The van der Waals surface area contributed by atoms with E-state index in [1.54, 1.807) is 0 Å². The van der Waals surface area contributed by atoms with Crippen molar-refractivity contribution in [1.82, 2.24) is 0 Å². The van der Waals surface area contributed by atoms with Crippen LogP contribution in [0, 0.1) is 0 Å². The average Bonchev–Trinajstić information content (AvgIpc) is 2.83. The number of benzene rings is 1. The monoisotopic (exact) mass is 162 g/mol. The van der Waals surface area contributed by atoms with E-state index in [0.717, 1.165) is 0 Å². The summed E-state index contributed by atoms with van der Waals surface area (Å²) in [7, 11) is 0. The molecule has 1 heteroatoms. The highest BCUT2D eigenvalue weighted by Crippen LogP contribution is 2.34. The van der Waals surface area contributed by atoms with Gasteiger partial charge >= 0.3 is 0 Å². The zero-order valence-corrected chi connectivity index (χ0v) is 7.53. The molecule has 1 aromatic rings. The fourth-order valence-corrected chi connectivity index (χ4v) is 1.67. The predicted octanol–water partition coefficient (Wildman–Crippen LogP) is 2.58. The van der Waals surface area contributed by atoms with E-state index in [-0.39, 0.29) is 0 Å². The molecule has 12 heavy (non-hydrogen) atoms. The Morgan fingerprint density at radius 2 is 1.83 bits per heavy atom. The van der Waals surface area contributed by atoms with Gasteiger partial charge < -0.3 is 4.74 Å². The van der Waals surface area contributed by atoms with Crippen LogP contribution in [0.25, 0.3) is 0 Å². The molecule has 0 saturated carbocycles. The van der Waals surface area contributed by atoms with Gasteiger partial charge in [-0.15, -0.1) is 0 Å². The summed E-state index contributed by atoms with van der Waals surface area (Å²) in [6.45, 7) is 4.35. The van der Waals surface area contributed by atoms with Crippen LogP contribution >= 0.6 is 0 Å². The van der Waals surface area contributed by atoms with Gasteiger partial charge in [0.25, 0.3) is 0 Å². The lowest BCUT2D eigenvalue weighted by Gasteiger charge is -2.07. The highest BCUT2D eigenvalue weighted by molar-refractivity contribution is 5.21. The Kier molecular flexibility index (Phi) is 1.89. The van der Waals surface area contributed by atoms with Crippen molar-refractivity contribution in [2.45, 2.75) is 32.0 Å². The van der Waals surface area contributed by atoms with Crippen molar-refractivity contribution >= 4 is 0 Å². The Morgan fingerprint density at radius 1 is 1.25 bits per heavy atom. The van der Waals surface area contributed by atoms with Crippen LogP contribution in [0.15, 0.2) is 30.3 Å². The Morgan fingerprint density at radius 3 is 2.33 bits per heavy atom. The van der Waals surface area contributed by atoms with Crippen molar-refractivity contribution in [3.05, 3.63) is 35.9 Å². The number of hydrogen-bond acceptors (Lipinski definition) is 1. The molecule has 1 heterocycles. The highest BCUT2D eigenvalue weighted by Gasteiger charge is 2.39. The number of epoxide rings is 1. The molecule has 1 aromatic carbocycles. The van der Waals surface area contributed by atoms with E-state index < -0.39 is 0 Å². The zero-order chi connectivity index (χ0) is 8.55. The third kappa shape index (κ3) is 1.37. The van der Waals surface area contributed by atoms with Gasteiger partial charge in [0.15, 0.2) is 0 Å². The molecule has 0 aliphatic carbocycles. The van der Waals surface area contributed by atoms with Gasteiger partial charge in [0.05, 0.1) is 12.2 Å². The van der Waals surface area contributed by atoms with E-state index in [1.807, 2.05) is 6.07 Å².